The summed E-state index contributed by atoms with van der Waals surface area (Å²) < 4.78 is 0. The maximum atomic E-state index is 9.95. The first kappa shape index (κ1) is 11.4. The van der Waals surface area contributed by atoms with Crippen LogP contribution in [0.1, 0.15) is 18.7 Å². The third kappa shape index (κ3) is 1.95. The van der Waals surface area contributed by atoms with E-state index >= 15 is 0 Å². The first-order valence-corrected chi connectivity index (χ1v) is 7.13. The molecule has 0 radical (unpaired) electrons. The summed E-state index contributed by atoms with van der Waals surface area (Å²) in [4.78, 5) is 10.4. The third-order valence-corrected chi connectivity index (χ3v) is 4.71. The zero-order valence-corrected chi connectivity index (χ0v) is 10.9. The lowest BCUT2D eigenvalue weighted by Crippen LogP contribution is -2.24. The highest BCUT2D eigenvalue weighted by Crippen LogP contribution is 2.38. The maximum absolute atomic E-state index is 9.95. The van der Waals surface area contributed by atoms with Crippen LogP contribution >= 0.6 is 0 Å². The van der Waals surface area contributed by atoms with Gasteiger partial charge in [-0.15, -0.1) is 0 Å². The van der Waals surface area contributed by atoms with Crippen LogP contribution in [0.4, 0.5) is 0 Å². The Morgan fingerprint density at radius 2 is 2.16 bits per heavy atom. The SMILES string of the molecule is OC1CCC2CN(Cc3nc4ccccc4[nH]3)CC12. The molecule has 1 aliphatic carbocycles. The van der Waals surface area contributed by atoms with E-state index in [1.165, 1.54) is 6.42 Å². The van der Waals surface area contributed by atoms with Crippen molar-refractivity contribution >= 4 is 11.0 Å². The molecule has 2 heterocycles. The van der Waals surface area contributed by atoms with Gasteiger partial charge in [0.2, 0.25) is 0 Å². The number of aliphatic hydroxyl groups excluding tert-OH is 1. The molecule has 4 rings (SSSR count). The number of aliphatic hydroxyl groups is 1. The van der Waals surface area contributed by atoms with Crippen molar-refractivity contribution in [2.45, 2.75) is 25.5 Å². The van der Waals surface area contributed by atoms with Crippen molar-refractivity contribution in [2.75, 3.05) is 13.1 Å². The van der Waals surface area contributed by atoms with E-state index < -0.39 is 0 Å². The van der Waals surface area contributed by atoms with E-state index in [-0.39, 0.29) is 6.10 Å². The molecule has 0 bridgehead atoms. The molecule has 3 unspecified atom stereocenters. The average molecular weight is 257 g/mol. The number of rotatable bonds is 2. The fourth-order valence-electron chi connectivity index (χ4n) is 3.75. The molecule has 1 aromatic heterocycles. The molecule has 3 atom stereocenters. The van der Waals surface area contributed by atoms with E-state index in [2.05, 4.69) is 20.9 Å². The quantitative estimate of drug-likeness (QED) is 0.862. The second-order valence-electron chi connectivity index (χ2n) is 5.96. The van der Waals surface area contributed by atoms with Gasteiger partial charge in [-0.3, -0.25) is 4.90 Å². The summed E-state index contributed by atoms with van der Waals surface area (Å²) >= 11 is 0. The molecule has 100 valence electrons. The Hall–Kier alpha value is -1.39. The van der Waals surface area contributed by atoms with Gasteiger partial charge in [-0.05, 0) is 30.9 Å². The van der Waals surface area contributed by atoms with Crippen molar-refractivity contribution in [1.82, 2.24) is 14.9 Å². The van der Waals surface area contributed by atoms with Crippen LogP contribution in [0, 0.1) is 11.8 Å². The van der Waals surface area contributed by atoms with Crippen LogP contribution in [0.25, 0.3) is 11.0 Å². The molecule has 4 heteroatoms. The predicted molar refractivity (Wildman–Crippen MR) is 73.6 cm³/mol. The van der Waals surface area contributed by atoms with Crippen LogP contribution in [0.2, 0.25) is 0 Å². The number of H-pyrrole nitrogens is 1. The van der Waals surface area contributed by atoms with Crippen LogP contribution in [0.5, 0.6) is 0 Å². The zero-order chi connectivity index (χ0) is 12.8. The molecule has 1 saturated heterocycles. The topological polar surface area (TPSA) is 52.1 Å². The molecule has 2 aromatic rings. The fourth-order valence-corrected chi connectivity index (χ4v) is 3.75. The zero-order valence-electron chi connectivity index (χ0n) is 10.9. The summed E-state index contributed by atoms with van der Waals surface area (Å²) in [5.41, 5.74) is 2.15. The number of para-hydroxylation sites is 2. The molecular weight excluding hydrogens is 238 g/mol. The molecular formula is C15H19N3O. The van der Waals surface area contributed by atoms with Gasteiger partial charge in [0.1, 0.15) is 5.82 Å². The minimum absolute atomic E-state index is 0.0781. The molecule has 2 N–H and O–H groups in total. The Bertz CT molecular complexity index is 561. The minimum Gasteiger partial charge on any atom is -0.393 e. The van der Waals surface area contributed by atoms with E-state index in [4.69, 9.17) is 0 Å². The molecule has 4 nitrogen and oxygen atoms in total. The monoisotopic (exact) mass is 257 g/mol. The maximum Gasteiger partial charge on any atom is 0.121 e. The Morgan fingerprint density at radius 1 is 1.26 bits per heavy atom. The number of aromatic nitrogens is 2. The van der Waals surface area contributed by atoms with Gasteiger partial charge in [-0.2, -0.15) is 0 Å². The van der Waals surface area contributed by atoms with Gasteiger partial charge in [0, 0.05) is 19.0 Å². The number of likely N-dealkylation sites (tertiary alicyclic amines) is 1. The lowest BCUT2D eigenvalue weighted by molar-refractivity contribution is 0.123. The molecule has 1 saturated carbocycles. The Balaban J connectivity index is 1.50. The third-order valence-electron chi connectivity index (χ3n) is 4.71. The summed E-state index contributed by atoms with van der Waals surface area (Å²) in [6.45, 7) is 3.00. The largest absolute Gasteiger partial charge is 0.393 e. The van der Waals surface area contributed by atoms with E-state index in [1.54, 1.807) is 0 Å². The summed E-state index contributed by atoms with van der Waals surface area (Å²) in [6, 6.07) is 8.15. The van der Waals surface area contributed by atoms with Crippen molar-refractivity contribution in [1.29, 1.82) is 0 Å². The second kappa shape index (κ2) is 4.32. The molecule has 2 fully saturated rings. The molecule has 19 heavy (non-hydrogen) atoms. The summed E-state index contributed by atoms with van der Waals surface area (Å²) in [6.07, 6.45) is 2.10. The predicted octanol–water partition coefficient (Wildman–Crippen LogP) is 1.77. The van der Waals surface area contributed by atoms with E-state index in [0.717, 1.165) is 42.9 Å². The molecule has 2 aliphatic rings. The Labute approximate surface area is 112 Å². The van der Waals surface area contributed by atoms with Crippen molar-refractivity contribution in [2.24, 2.45) is 11.8 Å². The summed E-state index contributed by atoms with van der Waals surface area (Å²) in [5, 5.41) is 9.95. The number of fused-ring (bicyclic) bond motifs is 2. The van der Waals surface area contributed by atoms with Gasteiger partial charge in [-0.25, -0.2) is 4.98 Å². The van der Waals surface area contributed by atoms with Gasteiger partial charge in [0.05, 0.1) is 23.7 Å². The van der Waals surface area contributed by atoms with Crippen molar-refractivity contribution in [3.05, 3.63) is 30.1 Å². The van der Waals surface area contributed by atoms with E-state index in [1.807, 2.05) is 18.2 Å². The minimum atomic E-state index is -0.0781. The number of aromatic amines is 1. The molecule has 1 aromatic carbocycles. The van der Waals surface area contributed by atoms with Crippen molar-refractivity contribution in [3.63, 3.8) is 0 Å². The van der Waals surface area contributed by atoms with Crippen LogP contribution in [0.3, 0.4) is 0 Å². The standard InChI is InChI=1S/C15H19N3O/c19-14-6-5-10-7-18(8-11(10)14)9-15-16-12-3-1-2-4-13(12)17-15/h1-4,10-11,14,19H,5-9H2,(H,16,17). The summed E-state index contributed by atoms with van der Waals surface area (Å²) in [7, 11) is 0. The first-order chi connectivity index (χ1) is 9.29. The van der Waals surface area contributed by atoms with Gasteiger partial charge in [0.25, 0.3) is 0 Å². The highest BCUT2D eigenvalue weighted by Gasteiger charge is 2.41. The number of benzene rings is 1. The molecule has 1 aliphatic heterocycles. The lowest BCUT2D eigenvalue weighted by Gasteiger charge is -2.16. The number of hydrogen-bond donors (Lipinski definition) is 2. The van der Waals surface area contributed by atoms with Crippen LogP contribution in [-0.4, -0.2) is 39.2 Å². The Kier molecular flexibility index (Phi) is 2.60. The fraction of sp³-hybridized carbons (Fsp3) is 0.533. The van der Waals surface area contributed by atoms with Crippen LogP contribution in [-0.2, 0) is 6.54 Å². The smallest absolute Gasteiger partial charge is 0.121 e. The highest BCUT2D eigenvalue weighted by molar-refractivity contribution is 5.74. The molecule has 0 spiro atoms. The van der Waals surface area contributed by atoms with Gasteiger partial charge < -0.3 is 10.1 Å². The van der Waals surface area contributed by atoms with E-state index in [0.29, 0.717) is 11.8 Å². The normalized spacial score (nSPS) is 31.1. The highest BCUT2D eigenvalue weighted by atomic mass is 16.3. The Morgan fingerprint density at radius 3 is 3.00 bits per heavy atom. The lowest BCUT2D eigenvalue weighted by atomic mass is 10.00. The van der Waals surface area contributed by atoms with Gasteiger partial charge >= 0.3 is 0 Å². The average Bonchev–Trinajstić information content (AvgIpc) is 3.06. The van der Waals surface area contributed by atoms with E-state index in [9.17, 15) is 5.11 Å². The van der Waals surface area contributed by atoms with Gasteiger partial charge in [-0.1, -0.05) is 12.1 Å². The van der Waals surface area contributed by atoms with Gasteiger partial charge in [0.15, 0.2) is 0 Å². The van der Waals surface area contributed by atoms with Crippen LogP contribution < -0.4 is 0 Å². The number of nitrogens with zero attached hydrogens (tertiary/aromatic N) is 2. The number of hydrogen-bond acceptors (Lipinski definition) is 3. The second-order valence-corrected chi connectivity index (χ2v) is 5.96. The summed E-state index contributed by atoms with van der Waals surface area (Å²) in [5.74, 6) is 2.22. The van der Waals surface area contributed by atoms with Crippen molar-refractivity contribution in [3.8, 4) is 0 Å². The number of imidazole rings is 1. The molecule has 0 amide bonds. The van der Waals surface area contributed by atoms with Crippen molar-refractivity contribution < 1.29 is 5.11 Å². The first-order valence-electron chi connectivity index (χ1n) is 7.13. The number of nitrogens with one attached hydrogen (secondary N) is 1. The van der Waals surface area contributed by atoms with Crippen LogP contribution in [0.15, 0.2) is 24.3 Å².